The van der Waals surface area contributed by atoms with E-state index < -0.39 is 0 Å². The molecule has 31 heavy (non-hydrogen) atoms. The monoisotopic (exact) mass is 404 g/mol. The number of aromatic nitrogens is 5. The first-order valence-corrected chi connectivity index (χ1v) is 9.78. The summed E-state index contributed by atoms with van der Waals surface area (Å²) in [6.07, 6.45) is 7.37. The Bertz CT molecular complexity index is 1520. The number of allylic oxidation sites excluding steroid dienone is 4. The molecule has 2 N–H and O–H groups in total. The zero-order chi connectivity index (χ0) is 20.8. The molecule has 7 heteroatoms. The highest BCUT2D eigenvalue weighted by Crippen LogP contribution is 2.34. The van der Waals surface area contributed by atoms with Crippen LogP contribution in [-0.2, 0) is 0 Å². The molecular formula is C24H16N6O. The van der Waals surface area contributed by atoms with Crippen LogP contribution in [0.5, 0.6) is 11.6 Å². The van der Waals surface area contributed by atoms with E-state index in [1.54, 1.807) is 4.68 Å². The van der Waals surface area contributed by atoms with Crippen LogP contribution in [0.2, 0.25) is 0 Å². The van der Waals surface area contributed by atoms with Crippen LogP contribution in [0.1, 0.15) is 0 Å². The summed E-state index contributed by atoms with van der Waals surface area (Å²) in [5.41, 5.74) is 10.2. The lowest BCUT2D eigenvalue weighted by Gasteiger charge is -2.07. The van der Waals surface area contributed by atoms with E-state index in [4.69, 9.17) is 15.6 Å². The first-order valence-electron chi connectivity index (χ1n) is 9.78. The smallest absolute Gasteiger partial charge is 0.219 e. The standard InChI is InChI=1S/C24H16N6O/c25-23-21-22(29-30(17-5-4-6-17)24(21)27-14-26-23)16-10-9-15-11-12-20(28-19(15)13-16)31-18-7-2-1-3-8-18/h1-14H,(H2,25,26,27). The van der Waals surface area contributed by atoms with E-state index in [1.807, 2.05) is 78.9 Å². The molecule has 0 fully saturated rings. The fraction of sp³-hybridized carbons (Fsp3) is 0. The molecule has 0 spiro atoms. The van der Waals surface area contributed by atoms with E-state index in [-0.39, 0.29) is 0 Å². The van der Waals surface area contributed by atoms with Gasteiger partial charge in [-0.05, 0) is 36.4 Å². The summed E-state index contributed by atoms with van der Waals surface area (Å²) in [7, 11) is 0. The van der Waals surface area contributed by atoms with E-state index in [0.29, 0.717) is 23.0 Å². The van der Waals surface area contributed by atoms with E-state index in [1.165, 1.54) is 6.33 Å². The van der Waals surface area contributed by atoms with E-state index >= 15 is 0 Å². The Hall–Kier alpha value is -4.52. The molecule has 0 saturated heterocycles. The fourth-order valence-corrected chi connectivity index (χ4v) is 3.59. The van der Waals surface area contributed by atoms with Crippen molar-refractivity contribution in [2.45, 2.75) is 0 Å². The van der Waals surface area contributed by atoms with Crippen LogP contribution in [0.4, 0.5) is 5.82 Å². The maximum absolute atomic E-state index is 6.21. The highest BCUT2D eigenvalue weighted by Gasteiger charge is 2.19. The van der Waals surface area contributed by atoms with Gasteiger partial charge in [0.2, 0.25) is 5.88 Å². The van der Waals surface area contributed by atoms with Gasteiger partial charge >= 0.3 is 0 Å². The molecule has 3 aromatic heterocycles. The second kappa shape index (κ2) is 6.77. The predicted molar refractivity (Wildman–Crippen MR) is 120 cm³/mol. The number of nitrogens with two attached hydrogens (primary N) is 1. The molecule has 2 aromatic carbocycles. The Balaban J connectivity index is 1.48. The molecule has 0 bridgehead atoms. The summed E-state index contributed by atoms with van der Waals surface area (Å²) in [6, 6.07) is 19.4. The number of fused-ring (bicyclic) bond motifs is 2. The fourth-order valence-electron chi connectivity index (χ4n) is 3.59. The summed E-state index contributed by atoms with van der Waals surface area (Å²) < 4.78 is 7.68. The molecule has 0 saturated carbocycles. The third-order valence-electron chi connectivity index (χ3n) is 5.18. The highest BCUT2D eigenvalue weighted by molar-refractivity contribution is 6.01. The summed E-state index contributed by atoms with van der Waals surface area (Å²) in [5, 5.41) is 6.52. The van der Waals surface area contributed by atoms with Gasteiger partial charge in [-0.3, -0.25) is 0 Å². The van der Waals surface area contributed by atoms with Crippen molar-refractivity contribution in [3.63, 3.8) is 0 Å². The molecule has 0 atom stereocenters. The Kier molecular flexibility index (Phi) is 3.79. The van der Waals surface area contributed by atoms with Gasteiger partial charge in [0.25, 0.3) is 0 Å². The maximum atomic E-state index is 6.21. The lowest BCUT2D eigenvalue weighted by molar-refractivity contribution is 0.465. The first kappa shape index (κ1) is 17.3. The van der Waals surface area contributed by atoms with Gasteiger partial charge in [0.15, 0.2) is 5.65 Å². The van der Waals surface area contributed by atoms with Gasteiger partial charge in [-0.1, -0.05) is 36.4 Å². The first-order chi connectivity index (χ1) is 15.3. The largest absolute Gasteiger partial charge is 0.439 e. The number of ether oxygens (including phenoxy) is 1. The zero-order valence-corrected chi connectivity index (χ0v) is 16.3. The van der Waals surface area contributed by atoms with Gasteiger partial charge in [0.05, 0.1) is 16.6 Å². The molecule has 5 aromatic rings. The van der Waals surface area contributed by atoms with Crippen LogP contribution in [0.25, 0.3) is 38.9 Å². The average Bonchev–Trinajstić information content (AvgIpc) is 3.13. The van der Waals surface area contributed by atoms with Gasteiger partial charge in [0.1, 0.15) is 23.6 Å². The topological polar surface area (TPSA) is 91.7 Å². The number of rotatable bonds is 4. The highest BCUT2D eigenvalue weighted by atomic mass is 16.5. The normalized spacial score (nSPS) is 12.7. The van der Waals surface area contributed by atoms with Crippen molar-refractivity contribution in [3.8, 4) is 22.9 Å². The number of benzene rings is 2. The number of para-hydroxylation sites is 1. The zero-order valence-electron chi connectivity index (χ0n) is 16.3. The van der Waals surface area contributed by atoms with Crippen molar-refractivity contribution < 1.29 is 4.74 Å². The minimum Gasteiger partial charge on any atom is -0.439 e. The van der Waals surface area contributed by atoms with Crippen molar-refractivity contribution in [3.05, 3.63) is 85.2 Å². The Morgan fingerprint density at radius 2 is 1.77 bits per heavy atom. The third kappa shape index (κ3) is 2.91. The molecule has 7 nitrogen and oxygen atoms in total. The van der Waals surface area contributed by atoms with Crippen molar-refractivity contribution >= 4 is 33.5 Å². The minimum absolute atomic E-state index is 0.393. The summed E-state index contributed by atoms with van der Waals surface area (Å²) in [4.78, 5) is 13.3. The van der Waals surface area contributed by atoms with Crippen molar-refractivity contribution in [1.29, 1.82) is 0 Å². The lowest BCUT2D eigenvalue weighted by atomic mass is 10.1. The molecule has 0 unspecified atom stereocenters. The average molecular weight is 404 g/mol. The number of nitrogens with zero attached hydrogens (tertiary/aromatic N) is 5. The molecule has 6 rings (SSSR count). The number of hydrogen-bond donors (Lipinski definition) is 1. The van der Waals surface area contributed by atoms with Crippen molar-refractivity contribution in [2.75, 3.05) is 5.73 Å². The van der Waals surface area contributed by atoms with Gasteiger partial charge in [-0.15, -0.1) is 0 Å². The van der Waals surface area contributed by atoms with Crippen LogP contribution in [0.3, 0.4) is 0 Å². The number of anilines is 1. The van der Waals surface area contributed by atoms with E-state index in [2.05, 4.69) is 15.0 Å². The lowest BCUT2D eigenvalue weighted by Crippen LogP contribution is -2.02. The maximum Gasteiger partial charge on any atom is 0.219 e. The summed E-state index contributed by atoms with van der Waals surface area (Å²) in [5.74, 6) is 1.66. The van der Waals surface area contributed by atoms with Gasteiger partial charge in [0, 0.05) is 17.0 Å². The molecule has 3 heterocycles. The van der Waals surface area contributed by atoms with E-state index in [9.17, 15) is 0 Å². The quantitative estimate of drug-likeness (QED) is 0.461. The molecule has 1 aliphatic carbocycles. The molecular weight excluding hydrogens is 388 g/mol. The second-order valence-electron chi connectivity index (χ2n) is 7.14. The second-order valence-corrected chi connectivity index (χ2v) is 7.14. The molecule has 0 amide bonds. The van der Waals surface area contributed by atoms with Crippen LogP contribution >= 0.6 is 0 Å². The van der Waals surface area contributed by atoms with Gasteiger partial charge < -0.3 is 10.5 Å². The number of nitrogen functional groups attached to an aromatic ring is 1. The van der Waals surface area contributed by atoms with Crippen LogP contribution in [-0.4, -0.2) is 24.7 Å². The molecule has 0 radical (unpaired) electrons. The Morgan fingerprint density at radius 1 is 0.935 bits per heavy atom. The Labute approximate surface area is 177 Å². The van der Waals surface area contributed by atoms with Crippen LogP contribution < -0.4 is 10.5 Å². The molecule has 0 aliphatic heterocycles. The van der Waals surface area contributed by atoms with Crippen LogP contribution in [0.15, 0.2) is 85.2 Å². The predicted octanol–water partition coefficient (Wildman–Crippen LogP) is 4.83. The molecule has 148 valence electrons. The molecule has 1 aliphatic rings. The SMILES string of the molecule is Nc1ncnc2c1c(-c1ccc3ccc(Oc4ccccc4)nc3c1)nn2C1=CC=C1. The summed E-state index contributed by atoms with van der Waals surface area (Å²) in [6.45, 7) is 0. The Morgan fingerprint density at radius 3 is 2.58 bits per heavy atom. The third-order valence-corrected chi connectivity index (χ3v) is 5.18. The van der Waals surface area contributed by atoms with Crippen LogP contribution in [0, 0.1) is 0 Å². The number of pyridine rings is 1. The minimum atomic E-state index is 0.393. The van der Waals surface area contributed by atoms with Gasteiger partial charge in [-0.25, -0.2) is 19.6 Å². The summed E-state index contributed by atoms with van der Waals surface area (Å²) >= 11 is 0. The van der Waals surface area contributed by atoms with Crippen molar-refractivity contribution in [1.82, 2.24) is 24.7 Å². The van der Waals surface area contributed by atoms with Crippen molar-refractivity contribution in [2.24, 2.45) is 0 Å². The number of hydrogen-bond acceptors (Lipinski definition) is 6. The van der Waals surface area contributed by atoms with E-state index in [0.717, 1.165) is 33.3 Å². The van der Waals surface area contributed by atoms with Gasteiger partial charge in [-0.2, -0.15) is 5.10 Å².